The Kier molecular flexibility index (Phi) is 7.43. The second-order valence-corrected chi connectivity index (χ2v) is 10.9. The summed E-state index contributed by atoms with van der Waals surface area (Å²) in [5.41, 5.74) is 1.27. The first-order valence-corrected chi connectivity index (χ1v) is 12.8. The number of nitrogens with one attached hydrogen (secondary N) is 1. The fraction of sp³-hybridized carbons (Fsp3) is 0.273. The molecule has 0 spiro atoms. The van der Waals surface area contributed by atoms with Gasteiger partial charge >= 0.3 is 0 Å². The minimum atomic E-state index is -3.32. The van der Waals surface area contributed by atoms with Gasteiger partial charge in [-0.2, -0.15) is 0 Å². The first-order chi connectivity index (χ1) is 15.1. The van der Waals surface area contributed by atoms with Crippen molar-refractivity contribution in [3.63, 3.8) is 0 Å². The van der Waals surface area contributed by atoms with Gasteiger partial charge in [0.05, 0.1) is 33.9 Å². The Labute approximate surface area is 195 Å². The van der Waals surface area contributed by atoms with Gasteiger partial charge in [-0.05, 0) is 47.9 Å². The van der Waals surface area contributed by atoms with Crippen LogP contribution in [0.3, 0.4) is 0 Å². The topological polar surface area (TPSA) is 94.6 Å². The lowest BCUT2D eigenvalue weighted by Crippen LogP contribution is -2.07. The van der Waals surface area contributed by atoms with Crippen molar-refractivity contribution in [1.29, 1.82) is 0 Å². The molecular weight excluding hydrogens is 472 g/mol. The van der Waals surface area contributed by atoms with Crippen molar-refractivity contribution in [2.45, 2.75) is 18.7 Å². The number of thiazole rings is 1. The molecule has 3 aromatic rings. The molecule has 32 heavy (non-hydrogen) atoms. The maximum atomic E-state index is 12.4. The maximum Gasteiger partial charge on any atom is 0.250 e. The van der Waals surface area contributed by atoms with Crippen molar-refractivity contribution >= 4 is 60.1 Å². The Hall–Kier alpha value is -2.62. The Balaban J connectivity index is 1.74. The summed E-state index contributed by atoms with van der Waals surface area (Å²) in [6.45, 7) is 4.57. The van der Waals surface area contributed by atoms with Crippen LogP contribution in [0.1, 0.15) is 19.4 Å². The lowest BCUT2D eigenvalue weighted by Gasteiger charge is -2.14. The van der Waals surface area contributed by atoms with Crippen LogP contribution in [-0.4, -0.2) is 39.3 Å². The van der Waals surface area contributed by atoms with Gasteiger partial charge in [0.1, 0.15) is 0 Å². The number of nitrogens with zero attached hydrogens (tertiary/aromatic N) is 1. The van der Waals surface area contributed by atoms with Gasteiger partial charge in [-0.1, -0.05) is 36.8 Å². The molecule has 0 radical (unpaired) electrons. The predicted octanol–water partition coefficient (Wildman–Crippen LogP) is 5.05. The van der Waals surface area contributed by atoms with E-state index in [1.807, 2.05) is 13.8 Å². The Morgan fingerprint density at radius 3 is 2.69 bits per heavy atom. The zero-order valence-electron chi connectivity index (χ0n) is 18.0. The molecule has 0 saturated carbocycles. The number of halogens is 1. The molecule has 0 bridgehead atoms. The molecule has 0 aliphatic carbocycles. The van der Waals surface area contributed by atoms with Gasteiger partial charge < -0.3 is 9.47 Å². The number of sulfone groups is 1. The average molecular weight is 495 g/mol. The fourth-order valence-corrected chi connectivity index (χ4v) is 4.64. The largest absolute Gasteiger partial charge is 0.493 e. The third-order valence-corrected chi connectivity index (χ3v) is 6.58. The van der Waals surface area contributed by atoms with E-state index in [0.717, 1.165) is 6.26 Å². The van der Waals surface area contributed by atoms with E-state index < -0.39 is 9.84 Å². The fourth-order valence-electron chi connectivity index (χ4n) is 2.73. The second kappa shape index (κ2) is 9.89. The highest BCUT2D eigenvalue weighted by Crippen LogP contribution is 2.37. The van der Waals surface area contributed by atoms with E-state index in [-0.39, 0.29) is 10.8 Å². The predicted molar refractivity (Wildman–Crippen MR) is 129 cm³/mol. The lowest BCUT2D eigenvalue weighted by molar-refractivity contribution is -0.111. The molecule has 1 heterocycles. The summed E-state index contributed by atoms with van der Waals surface area (Å²) < 4.78 is 35.2. The number of anilines is 1. The zero-order valence-corrected chi connectivity index (χ0v) is 20.4. The van der Waals surface area contributed by atoms with Crippen molar-refractivity contribution < 1.29 is 22.7 Å². The molecule has 1 N–H and O–H groups in total. The molecule has 7 nitrogen and oxygen atoms in total. The maximum absolute atomic E-state index is 12.4. The molecule has 3 rings (SSSR count). The molecule has 0 aliphatic heterocycles. The molecule has 0 saturated heterocycles. The number of benzene rings is 2. The van der Waals surface area contributed by atoms with Crippen LogP contribution < -0.4 is 14.8 Å². The molecular formula is C22H23ClN2O5S2. The minimum absolute atomic E-state index is 0.207. The van der Waals surface area contributed by atoms with Crippen LogP contribution in [0, 0.1) is 5.92 Å². The van der Waals surface area contributed by atoms with Gasteiger partial charge in [0.2, 0.25) is 5.91 Å². The number of hydrogen-bond acceptors (Lipinski definition) is 7. The SMILES string of the molecule is COc1cc(/C=C/C(=O)Nc2nc3ccc(S(C)(=O)=O)cc3s2)cc(Cl)c1OCC(C)C. The molecule has 1 aromatic heterocycles. The van der Waals surface area contributed by atoms with E-state index in [1.54, 1.807) is 30.3 Å². The van der Waals surface area contributed by atoms with Crippen LogP contribution in [-0.2, 0) is 14.6 Å². The molecule has 170 valence electrons. The smallest absolute Gasteiger partial charge is 0.250 e. The van der Waals surface area contributed by atoms with E-state index in [1.165, 1.54) is 30.6 Å². The standard InChI is InChI=1S/C22H23ClN2O5S2/c1-13(2)12-30-21-16(23)9-14(10-18(21)29-3)5-8-20(26)25-22-24-17-7-6-15(32(4,27)28)11-19(17)31-22/h5-11,13H,12H2,1-4H3,(H,24,25,26)/b8-5+. The first-order valence-electron chi connectivity index (χ1n) is 9.67. The van der Waals surface area contributed by atoms with E-state index >= 15 is 0 Å². The Morgan fingerprint density at radius 1 is 1.28 bits per heavy atom. The summed E-state index contributed by atoms with van der Waals surface area (Å²) in [4.78, 5) is 16.9. The quantitative estimate of drug-likeness (QED) is 0.440. The van der Waals surface area contributed by atoms with E-state index in [4.69, 9.17) is 21.1 Å². The van der Waals surface area contributed by atoms with Crippen LogP contribution in [0.15, 0.2) is 41.3 Å². The molecule has 1 amide bonds. The van der Waals surface area contributed by atoms with Crippen molar-refractivity contribution in [3.8, 4) is 11.5 Å². The summed E-state index contributed by atoms with van der Waals surface area (Å²) in [5, 5.41) is 3.45. The molecule has 2 aromatic carbocycles. The molecule has 0 aliphatic rings. The molecule has 10 heteroatoms. The van der Waals surface area contributed by atoms with Crippen molar-refractivity contribution in [1.82, 2.24) is 4.98 Å². The normalized spacial score (nSPS) is 11.9. The minimum Gasteiger partial charge on any atom is -0.493 e. The van der Waals surface area contributed by atoms with Gasteiger partial charge in [0.25, 0.3) is 0 Å². The Bertz CT molecular complexity index is 1280. The number of hydrogen-bond donors (Lipinski definition) is 1. The van der Waals surface area contributed by atoms with E-state index in [0.29, 0.717) is 50.0 Å². The van der Waals surface area contributed by atoms with Gasteiger partial charge in [-0.25, -0.2) is 13.4 Å². The number of rotatable bonds is 8. The van der Waals surface area contributed by atoms with Gasteiger partial charge in [-0.15, -0.1) is 0 Å². The Morgan fingerprint density at radius 2 is 2.03 bits per heavy atom. The monoisotopic (exact) mass is 494 g/mol. The average Bonchev–Trinajstić information content (AvgIpc) is 3.11. The van der Waals surface area contributed by atoms with Crippen molar-refractivity contribution in [2.24, 2.45) is 5.92 Å². The number of ether oxygens (including phenoxy) is 2. The number of aromatic nitrogens is 1. The summed E-state index contributed by atoms with van der Waals surface area (Å²) >= 11 is 7.54. The summed E-state index contributed by atoms with van der Waals surface area (Å²) in [7, 11) is -1.79. The number of amides is 1. The third kappa shape index (κ3) is 5.99. The highest BCUT2D eigenvalue weighted by Gasteiger charge is 2.13. The lowest BCUT2D eigenvalue weighted by atomic mass is 10.1. The zero-order chi connectivity index (χ0) is 23.5. The number of fused-ring (bicyclic) bond motifs is 1. The van der Waals surface area contributed by atoms with E-state index in [9.17, 15) is 13.2 Å². The number of carbonyl (C=O) groups is 1. The third-order valence-electron chi connectivity index (χ3n) is 4.26. The van der Waals surface area contributed by atoms with Crippen LogP contribution in [0.2, 0.25) is 5.02 Å². The second-order valence-electron chi connectivity index (χ2n) is 7.48. The van der Waals surface area contributed by atoms with Crippen LogP contribution in [0.25, 0.3) is 16.3 Å². The van der Waals surface area contributed by atoms with Crippen LogP contribution in [0.5, 0.6) is 11.5 Å². The highest BCUT2D eigenvalue weighted by atomic mass is 35.5. The number of carbonyl (C=O) groups excluding carboxylic acids is 1. The highest BCUT2D eigenvalue weighted by molar-refractivity contribution is 7.90. The van der Waals surface area contributed by atoms with Crippen LogP contribution >= 0.6 is 22.9 Å². The molecule has 0 atom stereocenters. The number of methoxy groups -OCH3 is 1. The van der Waals surface area contributed by atoms with Crippen molar-refractivity contribution in [2.75, 3.05) is 25.3 Å². The van der Waals surface area contributed by atoms with Crippen molar-refractivity contribution in [3.05, 3.63) is 47.0 Å². The van der Waals surface area contributed by atoms with Gasteiger partial charge in [0, 0.05) is 12.3 Å². The van der Waals surface area contributed by atoms with Crippen LogP contribution in [0.4, 0.5) is 5.13 Å². The summed E-state index contributed by atoms with van der Waals surface area (Å²) in [6.07, 6.45) is 4.10. The van der Waals surface area contributed by atoms with Gasteiger partial charge in [0.15, 0.2) is 26.5 Å². The first kappa shape index (κ1) is 24.0. The van der Waals surface area contributed by atoms with E-state index in [2.05, 4.69) is 10.3 Å². The molecule has 0 unspecified atom stereocenters. The van der Waals surface area contributed by atoms with Gasteiger partial charge in [-0.3, -0.25) is 10.1 Å². The molecule has 0 fully saturated rings. The summed E-state index contributed by atoms with van der Waals surface area (Å²) in [5.74, 6) is 0.889. The summed E-state index contributed by atoms with van der Waals surface area (Å²) in [6, 6.07) is 8.08.